The van der Waals surface area contributed by atoms with Crippen molar-refractivity contribution in [1.29, 1.82) is 0 Å². The monoisotopic (exact) mass is 269 g/mol. The molecule has 0 saturated heterocycles. The Balaban J connectivity index is 2.31. The molecular formula is C11H15N3O5. The molecule has 2 N–H and O–H groups in total. The number of H-pyrrole nitrogens is 1. The van der Waals surface area contributed by atoms with Gasteiger partial charge in [0, 0.05) is 19.0 Å². The molecule has 0 saturated carbocycles. The molecule has 0 atom stereocenters. The van der Waals surface area contributed by atoms with Gasteiger partial charge >= 0.3 is 11.8 Å². The van der Waals surface area contributed by atoms with E-state index in [1.165, 1.54) is 12.1 Å². The van der Waals surface area contributed by atoms with Crippen molar-refractivity contribution in [2.75, 3.05) is 13.2 Å². The molecule has 0 unspecified atom stereocenters. The molecule has 0 spiro atoms. The number of hydrogen-bond donors (Lipinski definition) is 2. The molecule has 19 heavy (non-hydrogen) atoms. The highest BCUT2D eigenvalue weighted by molar-refractivity contribution is 5.92. The van der Waals surface area contributed by atoms with Gasteiger partial charge in [0.1, 0.15) is 0 Å². The fourth-order valence-electron chi connectivity index (χ4n) is 1.39. The van der Waals surface area contributed by atoms with Crippen LogP contribution in [0.15, 0.2) is 12.1 Å². The van der Waals surface area contributed by atoms with E-state index in [0.29, 0.717) is 19.6 Å². The number of amides is 1. The summed E-state index contributed by atoms with van der Waals surface area (Å²) in [5.74, 6) is -0.999. The minimum atomic E-state index is -0.614. The molecule has 1 aromatic rings. The molecule has 8 heteroatoms. The first-order chi connectivity index (χ1) is 9.04. The molecule has 104 valence electrons. The molecular weight excluding hydrogens is 254 g/mol. The van der Waals surface area contributed by atoms with Crippen LogP contribution in [0.3, 0.4) is 0 Å². The van der Waals surface area contributed by atoms with E-state index in [1.807, 2.05) is 0 Å². The summed E-state index contributed by atoms with van der Waals surface area (Å²) < 4.78 is 4.73. The van der Waals surface area contributed by atoms with Crippen LogP contribution in [-0.2, 0) is 9.53 Å². The van der Waals surface area contributed by atoms with Gasteiger partial charge in [-0.15, -0.1) is 0 Å². The van der Waals surface area contributed by atoms with Crippen LogP contribution in [0.5, 0.6) is 0 Å². The molecule has 0 bridgehead atoms. The SMILES string of the molecule is CCOC(=O)CCCNC(=O)c1ccc([N+](=O)[O-])[nH]1. The number of aromatic nitrogens is 1. The van der Waals surface area contributed by atoms with Gasteiger partial charge in [-0.3, -0.25) is 9.59 Å². The Hall–Kier alpha value is -2.38. The van der Waals surface area contributed by atoms with Crippen LogP contribution < -0.4 is 5.32 Å². The highest BCUT2D eigenvalue weighted by atomic mass is 16.6. The molecule has 0 aliphatic heterocycles. The molecule has 0 fully saturated rings. The standard InChI is InChI=1S/C11H15N3O5/c1-2-19-10(15)4-3-7-12-11(16)8-5-6-9(13-8)14(17)18/h5-6,13H,2-4,7H2,1H3,(H,12,16). The zero-order chi connectivity index (χ0) is 14.3. The van der Waals surface area contributed by atoms with E-state index in [-0.39, 0.29) is 23.9 Å². The number of aromatic amines is 1. The van der Waals surface area contributed by atoms with Gasteiger partial charge in [-0.1, -0.05) is 0 Å². The summed E-state index contributed by atoms with van der Waals surface area (Å²) in [7, 11) is 0. The Kier molecular flexibility index (Phi) is 5.52. The molecule has 8 nitrogen and oxygen atoms in total. The van der Waals surface area contributed by atoms with Crippen molar-refractivity contribution in [2.45, 2.75) is 19.8 Å². The number of ether oxygens (including phenoxy) is 1. The number of carbonyl (C=O) groups is 2. The maximum absolute atomic E-state index is 11.6. The third-order valence-corrected chi connectivity index (χ3v) is 2.26. The lowest BCUT2D eigenvalue weighted by Gasteiger charge is -2.02. The van der Waals surface area contributed by atoms with Crippen LogP contribution in [0, 0.1) is 10.1 Å². The van der Waals surface area contributed by atoms with Gasteiger partial charge in [0.25, 0.3) is 5.91 Å². The van der Waals surface area contributed by atoms with Crippen molar-refractivity contribution >= 4 is 17.7 Å². The topological polar surface area (TPSA) is 114 Å². The molecule has 0 aliphatic carbocycles. The van der Waals surface area contributed by atoms with Crippen molar-refractivity contribution in [3.8, 4) is 0 Å². The van der Waals surface area contributed by atoms with Crippen molar-refractivity contribution in [3.05, 3.63) is 27.9 Å². The Morgan fingerprint density at radius 3 is 2.79 bits per heavy atom. The lowest BCUT2D eigenvalue weighted by atomic mass is 10.3. The molecule has 1 rings (SSSR count). The van der Waals surface area contributed by atoms with Crippen LogP contribution >= 0.6 is 0 Å². The van der Waals surface area contributed by atoms with Gasteiger partial charge in [0.2, 0.25) is 0 Å². The first-order valence-corrected chi connectivity index (χ1v) is 5.81. The maximum atomic E-state index is 11.6. The van der Waals surface area contributed by atoms with Gasteiger partial charge in [-0.25, -0.2) is 4.98 Å². The van der Waals surface area contributed by atoms with Crippen molar-refractivity contribution in [1.82, 2.24) is 10.3 Å². The van der Waals surface area contributed by atoms with E-state index in [4.69, 9.17) is 4.74 Å². The van der Waals surface area contributed by atoms with E-state index in [1.54, 1.807) is 6.92 Å². The van der Waals surface area contributed by atoms with E-state index in [9.17, 15) is 19.7 Å². The Labute approximate surface area is 109 Å². The number of nitrogens with one attached hydrogen (secondary N) is 2. The lowest BCUT2D eigenvalue weighted by Crippen LogP contribution is -2.25. The van der Waals surface area contributed by atoms with Crippen LogP contribution in [0.4, 0.5) is 5.82 Å². The van der Waals surface area contributed by atoms with Crippen molar-refractivity contribution in [2.24, 2.45) is 0 Å². The lowest BCUT2D eigenvalue weighted by molar-refractivity contribution is -0.389. The minimum absolute atomic E-state index is 0.114. The highest BCUT2D eigenvalue weighted by Gasteiger charge is 2.14. The van der Waals surface area contributed by atoms with E-state index in [2.05, 4.69) is 10.3 Å². The van der Waals surface area contributed by atoms with Crippen LogP contribution in [0.25, 0.3) is 0 Å². The fourth-order valence-corrected chi connectivity index (χ4v) is 1.39. The van der Waals surface area contributed by atoms with Crippen LogP contribution in [-0.4, -0.2) is 34.9 Å². The van der Waals surface area contributed by atoms with Crippen LogP contribution in [0.2, 0.25) is 0 Å². The van der Waals surface area contributed by atoms with E-state index >= 15 is 0 Å². The zero-order valence-electron chi connectivity index (χ0n) is 10.5. The summed E-state index contributed by atoms with van der Waals surface area (Å²) in [4.78, 5) is 34.8. The summed E-state index contributed by atoms with van der Waals surface area (Å²) >= 11 is 0. The Morgan fingerprint density at radius 2 is 2.21 bits per heavy atom. The summed E-state index contributed by atoms with van der Waals surface area (Å²) in [6.07, 6.45) is 0.673. The predicted molar refractivity (Wildman–Crippen MR) is 65.6 cm³/mol. The second-order valence-corrected chi connectivity index (χ2v) is 3.68. The number of rotatable bonds is 7. The number of carbonyl (C=O) groups excluding carboxylic acids is 2. The minimum Gasteiger partial charge on any atom is -0.466 e. The first kappa shape index (κ1) is 14.7. The first-order valence-electron chi connectivity index (χ1n) is 5.81. The average molecular weight is 269 g/mol. The number of nitrogens with zero attached hydrogens (tertiary/aromatic N) is 1. The summed E-state index contributed by atoms with van der Waals surface area (Å²) in [5.41, 5.74) is 0.114. The second kappa shape index (κ2) is 7.14. The smallest absolute Gasteiger partial charge is 0.321 e. The molecule has 1 heterocycles. The zero-order valence-corrected chi connectivity index (χ0v) is 10.5. The van der Waals surface area contributed by atoms with E-state index in [0.717, 1.165) is 0 Å². The van der Waals surface area contributed by atoms with E-state index < -0.39 is 10.8 Å². The van der Waals surface area contributed by atoms with Gasteiger partial charge < -0.3 is 20.2 Å². The number of nitro groups is 1. The Bertz CT molecular complexity index is 469. The Morgan fingerprint density at radius 1 is 1.47 bits per heavy atom. The maximum Gasteiger partial charge on any atom is 0.321 e. The van der Waals surface area contributed by atoms with Gasteiger partial charge in [-0.2, -0.15) is 0 Å². The largest absolute Gasteiger partial charge is 0.466 e. The molecule has 1 aromatic heterocycles. The van der Waals surface area contributed by atoms with Gasteiger partial charge in [-0.05, 0) is 24.3 Å². The molecule has 0 aliphatic rings. The second-order valence-electron chi connectivity index (χ2n) is 3.68. The van der Waals surface area contributed by atoms with Crippen molar-refractivity contribution < 1.29 is 19.2 Å². The highest BCUT2D eigenvalue weighted by Crippen LogP contribution is 2.09. The summed E-state index contributed by atoms with van der Waals surface area (Å²) in [5, 5.41) is 13.0. The molecule has 1 amide bonds. The fraction of sp³-hybridized carbons (Fsp3) is 0.455. The number of esters is 1. The van der Waals surface area contributed by atoms with Gasteiger partial charge in [0.05, 0.1) is 6.61 Å². The quantitative estimate of drug-likeness (QED) is 0.331. The van der Waals surface area contributed by atoms with Gasteiger partial charge in [0.15, 0.2) is 5.69 Å². The molecule has 0 radical (unpaired) electrons. The third-order valence-electron chi connectivity index (χ3n) is 2.26. The number of hydrogen-bond acceptors (Lipinski definition) is 5. The summed E-state index contributed by atoms with van der Waals surface area (Å²) in [6.45, 7) is 2.35. The van der Waals surface area contributed by atoms with Crippen LogP contribution in [0.1, 0.15) is 30.3 Å². The predicted octanol–water partition coefficient (Wildman–Crippen LogP) is 0.996. The third kappa shape index (κ3) is 4.78. The van der Waals surface area contributed by atoms with Crippen molar-refractivity contribution in [3.63, 3.8) is 0 Å². The normalized spacial score (nSPS) is 9.95. The molecule has 0 aromatic carbocycles. The average Bonchev–Trinajstić information content (AvgIpc) is 2.84. The summed E-state index contributed by atoms with van der Waals surface area (Å²) in [6, 6.07) is 2.55.